The van der Waals surface area contributed by atoms with Crippen LogP contribution in [0.15, 0.2) is 22.7 Å². The second-order valence-electron chi connectivity index (χ2n) is 4.11. The summed E-state index contributed by atoms with van der Waals surface area (Å²) in [6.45, 7) is 0. The molecule has 17 heavy (non-hydrogen) atoms. The predicted molar refractivity (Wildman–Crippen MR) is 65.9 cm³/mol. The average Bonchev–Trinajstić information content (AvgIpc) is 3.00. The zero-order valence-corrected chi connectivity index (χ0v) is 10.5. The smallest absolute Gasteiger partial charge is 0.335 e. The number of anilines is 1. The van der Waals surface area contributed by atoms with Crippen molar-refractivity contribution in [1.29, 1.82) is 0 Å². The SMILES string of the molecule is NC1(C(=O)Nc2ccc(C(=O)O)cc2Br)CC1. The third-order valence-electron chi connectivity index (χ3n) is 2.71. The number of nitrogens with one attached hydrogen (secondary N) is 1. The molecule has 90 valence electrons. The molecule has 0 aliphatic heterocycles. The van der Waals surface area contributed by atoms with E-state index in [1.807, 2.05) is 0 Å². The van der Waals surface area contributed by atoms with Gasteiger partial charge in [0.15, 0.2) is 0 Å². The Hall–Kier alpha value is -1.40. The summed E-state index contributed by atoms with van der Waals surface area (Å²) in [6, 6.07) is 4.41. The monoisotopic (exact) mass is 298 g/mol. The van der Waals surface area contributed by atoms with Gasteiger partial charge in [-0.25, -0.2) is 4.79 Å². The normalized spacial score (nSPS) is 16.4. The lowest BCUT2D eigenvalue weighted by Crippen LogP contribution is -2.37. The van der Waals surface area contributed by atoms with Gasteiger partial charge in [0.25, 0.3) is 0 Å². The highest BCUT2D eigenvalue weighted by Gasteiger charge is 2.46. The minimum Gasteiger partial charge on any atom is -0.478 e. The summed E-state index contributed by atoms with van der Waals surface area (Å²) in [5, 5.41) is 11.5. The second kappa shape index (κ2) is 4.12. The van der Waals surface area contributed by atoms with Gasteiger partial charge in [0.1, 0.15) is 0 Å². The van der Waals surface area contributed by atoms with Gasteiger partial charge in [0, 0.05) is 4.47 Å². The van der Waals surface area contributed by atoms with Crippen LogP contribution in [-0.2, 0) is 4.79 Å². The average molecular weight is 299 g/mol. The van der Waals surface area contributed by atoms with E-state index >= 15 is 0 Å². The van der Waals surface area contributed by atoms with E-state index in [2.05, 4.69) is 21.2 Å². The highest BCUT2D eigenvalue weighted by atomic mass is 79.9. The largest absolute Gasteiger partial charge is 0.478 e. The standard InChI is InChI=1S/C11H11BrN2O3/c12-7-5-6(9(15)16)1-2-8(7)14-10(17)11(13)3-4-11/h1-2,5H,3-4,13H2,(H,14,17)(H,15,16). The first-order chi connectivity index (χ1) is 7.92. The lowest BCUT2D eigenvalue weighted by Gasteiger charge is -2.11. The summed E-state index contributed by atoms with van der Waals surface area (Å²) < 4.78 is 0.523. The van der Waals surface area contributed by atoms with Crippen LogP contribution in [0.5, 0.6) is 0 Å². The topological polar surface area (TPSA) is 92.4 Å². The Bertz CT molecular complexity index is 497. The molecule has 6 heteroatoms. The molecule has 5 nitrogen and oxygen atoms in total. The molecule has 0 aromatic heterocycles. The molecule has 4 N–H and O–H groups in total. The van der Waals surface area contributed by atoms with Gasteiger partial charge in [-0.2, -0.15) is 0 Å². The molecule has 0 heterocycles. The first-order valence-electron chi connectivity index (χ1n) is 5.05. The van der Waals surface area contributed by atoms with Crippen molar-refractivity contribution >= 4 is 33.5 Å². The fourth-order valence-electron chi connectivity index (χ4n) is 1.36. The molecule has 0 spiro atoms. The quantitative estimate of drug-likeness (QED) is 0.790. The number of rotatable bonds is 3. The first-order valence-corrected chi connectivity index (χ1v) is 5.85. The van der Waals surface area contributed by atoms with Crippen LogP contribution in [0.2, 0.25) is 0 Å². The van der Waals surface area contributed by atoms with Crippen LogP contribution in [0.1, 0.15) is 23.2 Å². The molecule has 1 aliphatic carbocycles. The van der Waals surface area contributed by atoms with Crippen LogP contribution >= 0.6 is 15.9 Å². The Morgan fingerprint density at radius 3 is 2.53 bits per heavy atom. The Balaban J connectivity index is 2.17. The van der Waals surface area contributed by atoms with Crippen molar-refractivity contribution in [2.24, 2.45) is 5.73 Å². The Kier molecular flexibility index (Phi) is 2.92. The molecule has 0 atom stereocenters. The zero-order valence-electron chi connectivity index (χ0n) is 8.87. The van der Waals surface area contributed by atoms with Gasteiger partial charge >= 0.3 is 5.97 Å². The molecule has 1 aromatic rings. The number of carboxylic acids is 1. The first kappa shape index (κ1) is 12.1. The molecule has 1 aromatic carbocycles. The summed E-state index contributed by atoms with van der Waals surface area (Å²) in [6.07, 6.45) is 1.37. The van der Waals surface area contributed by atoms with Crippen LogP contribution in [0.4, 0.5) is 5.69 Å². The number of halogens is 1. The van der Waals surface area contributed by atoms with Gasteiger partial charge in [0.2, 0.25) is 5.91 Å². The van der Waals surface area contributed by atoms with Gasteiger partial charge in [-0.15, -0.1) is 0 Å². The fourth-order valence-corrected chi connectivity index (χ4v) is 1.84. The lowest BCUT2D eigenvalue weighted by atomic mass is 10.2. The van der Waals surface area contributed by atoms with Gasteiger partial charge in [-0.3, -0.25) is 4.79 Å². The van der Waals surface area contributed by atoms with Crippen LogP contribution in [0.3, 0.4) is 0 Å². The molecule has 1 aliphatic rings. The van der Waals surface area contributed by atoms with E-state index in [1.165, 1.54) is 18.2 Å². The highest BCUT2D eigenvalue weighted by molar-refractivity contribution is 9.10. The molecule has 0 bridgehead atoms. The lowest BCUT2D eigenvalue weighted by molar-refractivity contribution is -0.118. The van der Waals surface area contributed by atoms with Crippen LogP contribution in [-0.4, -0.2) is 22.5 Å². The van der Waals surface area contributed by atoms with E-state index in [-0.39, 0.29) is 11.5 Å². The van der Waals surface area contributed by atoms with Crippen molar-refractivity contribution in [2.45, 2.75) is 18.4 Å². The number of carbonyl (C=O) groups is 2. The van der Waals surface area contributed by atoms with E-state index in [4.69, 9.17) is 10.8 Å². The van der Waals surface area contributed by atoms with E-state index in [0.717, 1.165) is 0 Å². The maximum Gasteiger partial charge on any atom is 0.335 e. The van der Waals surface area contributed by atoms with Crippen molar-refractivity contribution in [3.8, 4) is 0 Å². The highest BCUT2D eigenvalue weighted by Crippen LogP contribution is 2.34. The molecule has 0 saturated heterocycles. The summed E-state index contributed by atoms with van der Waals surface area (Å²) in [7, 11) is 0. The Morgan fingerprint density at radius 2 is 2.06 bits per heavy atom. The number of nitrogens with two attached hydrogens (primary N) is 1. The molecule has 2 rings (SSSR count). The van der Waals surface area contributed by atoms with Crippen molar-refractivity contribution in [3.63, 3.8) is 0 Å². The molecule has 0 radical (unpaired) electrons. The number of carboxylic acid groups (broad SMARTS) is 1. The van der Waals surface area contributed by atoms with E-state index in [0.29, 0.717) is 23.0 Å². The van der Waals surface area contributed by atoms with Crippen LogP contribution in [0, 0.1) is 0 Å². The maximum atomic E-state index is 11.7. The summed E-state index contributed by atoms with van der Waals surface area (Å²) in [5.74, 6) is -1.25. The number of aromatic carboxylic acids is 1. The maximum absolute atomic E-state index is 11.7. The minimum atomic E-state index is -1.01. The van der Waals surface area contributed by atoms with E-state index < -0.39 is 11.5 Å². The molecule has 1 saturated carbocycles. The predicted octanol–water partition coefficient (Wildman–Crippen LogP) is 1.58. The van der Waals surface area contributed by atoms with Crippen molar-refractivity contribution in [2.75, 3.05) is 5.32 Å². The molecule has 1 amide bonds. The number of hydrogen-bond acceptors (Lipinski definition) is 3. The second-order valence-corrected chi connectivity index (χ2v) is 4.96. The Morgan fingerprint density at radius 1 is 1.41 bits per heavy atom. The number of benzene rings is 1. The van der Waals surface area contributed by atoms with Crippen molar-refractivity contribution in [1.82, 2.24) is 0 Å². The third kappa shape index (κ3) is 2.48. The third-order valence-corrected chi connectivity index (χ3v) is 3.36. The zero-order chi connectivity index (χ0) is 12.6. The molecular formula is C11H11BrN2O3. The van der Waals surface area contributed by atoms with Gasteiger partial charge < -0.3 is 16.2 Å². The van der Waals surface area contributed by atoms with Gasteiger partial charge in [-0.1, -0.05) is 0 Å². The van der Waals surface area contributed by atoms with E-state index in [9.17, 15) is 9.59 Å². The summed E-state index contributed by atoms with van der Waals surface area (Å²) >= 11 is 3.21. The van der Waals surface area contributed by atoms with Crippen LogP contribution < -0.4 is 11.1 Å². The molecule has 0 unspecified atom stereocenters. The van der Waals surface area contributed by atoms with E-state index in [1.54, 1.807) is 0 Å². The van der Waals surface area contributed by atoms with Crippen molar-refractivity contribution in [3.05, 3.63) is 28.2 Å². The minimum absolute atomic E-state index is 0.156. The van der Waals surface area contributed by atoms with Crippen LogP contribution in [0.25, 0.3) is 0 Å². The number of amides is 1. The summed E-state index contributed by atoms with van der Waals surface area (Å²) in [4.78, 5) is 22.4. The summed E-state index contributed by atoms with van der Waals surface area (Å²) in [5.41, 5.74) is 5.68. The molecule has 1 fully saturated rings. The Labute approximate surface area is 106 Å². The molecular weight excluding hydrogens is 288 g/mol. The van der Waals surface area contributed by atoms with Gasteiger partial charge in [0.05, 0.1) is 16.8 Å². The number of carbonyl (C=O) groups excluding carboxylic acids is 1. The fraction of sp³-hybridized carbons (Fsp3) is 0.273. The number of hydrogen-bond donors (Lipinski definition) is 3. The van der Waals surface area contributed by atoms with Crippen molar-refractivity contribution < 1.29 is 14.7 Å². The van der Waals surface area contributed by atoms with Gasteiger partial charge in [-0.05, 0) is 47.0 Å².